The van der Waals surface area contributed by atoms with Gasteiger partial charge in [0.25, 0.3) is 15.9 Å². The summed E-state index contributed by atoms with van der Waals surface area (Å²) in [7, 11) is 0.226. The average Bonchev–Trinajstić information content (AvgIpc) is 3.55. The summed E-state index contributed by atoms with van der Waals surface area (Å²) in [6.45, 7) is -0.00510. The van der Waals surface area contributed by atoms with Gasteiger partial charge in [0, 0.05) is 17.6 Å². The maximum Gasteiger partial charge on any atom is 0.342 e. The van der Waals surface area contributed by atoms with Crippen molar-refractivity contribution >= 4 is 21.7 Å². The smallest absolute Gasteiger partial charge is 0.342 e. The van der Waals surface area contributed by atoms with Crippen molar-refractivity contribution in [2.75, 3.05) is 40.5 Å². The lowest BCUT2D eigenvalue weighted by Gasteiger charge is -2.26. The van der Waals surface area contributed by atoms with Crippen LogP contribution >= 0.6 is 0 Å². The third-order valence-corrected chi connectivity index (χ3v) is 7.79. The standard InChI is InChI=1S/C30H30O12S/c1-36-21-8-6-20(7-9-21)30(32)22(27(29(31)42-30)19-5-10-23-24(16-19)41-17-40-23)13-18-14-25(37-2)28(38-3)26(15-18)39-11-4-12-43(33,34)35/h5-10,14-16,32H,4,11-13,17H2,1-3H3,(H,33,34,35). The van der Waals surface area contributed by atoms with Crippen molar-refractivity contribution in [2.24, 2.45) is 0 Å². The zero-order valence-corrected chi connectivity index (χ0v) is 24.4. The van der Waals surface area contributed by atoms with Crippen molar-refractivity contribution in [3.8, 4) is 34.5 Å². The van der Waals surface area contributed by atoms with Crippen LogP contribution in [0.3, 0.4) is 0 Å². The van der Waals surface area contributed by atoms with Crippen LogP contribution in [0.4, 0.5) is 0 Å². The highest BCUT2D eigenvalue weighted by Crippen LogP contribution is 2.48. The number of hydrogen-bond acceptors (Lipinski definition) is 11. The van der Waals surface area contributed by atoms with Gasteiger partial charge in [0.05, 0.1) is 39.3 Å². The molecule has 3 aromatic carbocycles. The highest BCUT2D eigenvalue weighted by atomic mass is 32.2. The summed E-state index contributed by atoms with van der Waals surface area (Å²) in [5.74, 6) is -1.05. The summed E-state index contributed by atoms with van der Waals surface area (Å²) in [4.78, 5) is 13.5. The topological polar surface area (TPSA) is 156 Å². The molecule has 12 nitrogen and oxygen atoms in total. The fourth-order valence-electron chi connectivity index (χ4n) is 4.96. The molecule has 3 aromatic rings. The largest absolute Gasteiger partial charge is 0.497 e. The van der Waals surface area contributed by atoms with Crippen LogP contribution in [0.1, 0.15) is 23.1 Å². The summed E-state index contributed by atoms with van der Waals surface area (Å²) in [6, 6.07) is 14.8. The molecule has 2 N–H and O–H groups in total. The van der Waals surface area contributed by atoms with Crippen molar-refractivity contribution in [3.05, 3.63) is 76.9 Å². The van der Waals surface area contributed by atoms with E-state index in [1.54, 1.807) is 54.6 Å². The minimum absolute atomic E-state index is 0.000220. The molecule has 0 aliphatic carbocycles. The van der Waals surface area contributed by atoms with Gasteiger partial charge in [0.1, 0.15) is 5.75 Å². The average molecular weight is 615 g/mol. The van der Waals surface area contributed by atoms with Crippen LogP contribution in [0.5, 0.6) is 34.5 Å². The van der Waals surface area contributed by atoms with Crippen LogP contribution in [-0.2, 0) is 31.9 Å². The van der Waals surface area contributed by atoms with E-state index in [0.29, 0.717) is 39.7 Å². The van der Waals surface area contributed by atoms with Crippen LogP contribution in [0, 0.1) is 0 Å². The molecular weight excluding hydrogens is 584 g/mol. The number of rotatable bonds is 12. The number of ether oxygens (including phenoxy) is 7. The van der Waals surface area contributed by atoms with Crippen molar-refractivity contribution in [1.82, 2.24) is 0 Å². The van der Waals surface area contributed by atoms with Gasteiger partial charge < -0.3 is 38.3 Å². The molecule has 0 saturated heterocycles. The zero-order valence-electron chi connectivity index (χ0n) is 23.6. The Balaban J connectivity index is 1.60. The normalized spacial score (nSPS) is 17.6. The van der Waals surface area contributed by atoms with Crippen LogP contribution < -0.4 is 28.4 Å². The summed E-state index contributed by atoms with van der Waals surface area (Å²) in [5, 5.41) is 12.0. The summed E-state index contributed by atoms with van der Waals surface area (Å²) >= 11 is 0. The minimum atomic E-state index is -4.16. The van der Waals surface area contributed by atoms with E-state index in [2.05, 4.69) is 0 Å². The fourth-order valence-corrected chi connectivity index (χ4v) is 5.45. The molecular formula is C30H30O12S. The lowest BCUT2D eigenvalue weighted by molar-refractivity contribution is -0.185. The van der Waals surface area contributed by atoms with Gasteiger partial charge >= 0.3 is 5.97 Å². The first-order valence-electron chi connectivity index (χ1n) is 13.1. The number of benzene rings is 3. The predicted molar refractivity (Wildman–Crippen MR) is 152 cm³/mol. The van der Waals surface area contributed by atoms with Gasteiger partial charge in [-0.3, -0.25) is 4.55 Å². The number of methoxy groups -OCH3 is 3. The number of fused-ring (bicyclic) bond motifs is 1. The summed E-state index contributed by atoms with van der Waals surface area (Å²) < 4.78 is 70.0. The molecule has 0 saturated carbocycles. The zero-order chi connectivity index (χ0) is 30.8. The van der Waals surface area contributed by atoms with Gasteiger partial charge in [-0.25, -0.2) is 4.79 Å². The van der Waals surface area contributed by atoms with Crippen molar-refractivity contribution in [1.29, 1.82) is 0 Å². The van der Waals surface area contributed by atoms with Gasteiger partial charge in [-0.05, 0) is 66.1 Å². The molecule has 2 heterocycles. The molecule has 2 aliphatic heterocycles. The monoisotopic (exact) mass is 614 g/mol. The molecule has 0 fully saturated rings. The third kappa shape index (κ3) is 6.19. The van der Waals surface area contributed by atoms with E-state index in [1.165, 1.54) is 21.3 Å². The molecule has 13 heteroatoms. The van der Waals surface area contributed by atoms with E-state index in [9.17, 15) is 18.3 Å². The Hall–Kier alpha value is -4.46. The number of aliphatic hydroxyl groups is 1. The van der Waals surface area contributed by atoms with Crippen LogP contribution in [-0.4, -0.2) is 64.5 Å². The Bertz CT molecular complexity index is 1660. The van der Waals surface area contributed by atoms with Crippen molar-refractivity contribution < 1.29 is 56.0 Å². The summed E-state index contributed by atoms with van der Waals surface area (Å²) in [5.41, 5.74) is 1.69. The highest BCUT2D eigenvalue weighted by molar-refractivity contribution is 7.85. The first-order valence-corrected chi connectivity index (χ1v) is 14.7. The molecule has 0 radical (unpaired) electrons. The maximum absolute atomic E-state index is 13.5. The minimum Gasteiger partial charge on any atom is -0.497 e. The van der Waals surface area contributed by atoms with Crippen molar-refractivity contribution in [3.63, 3.8) is 0 Å². The van der Waals surface area contributed by atoms with Crippen LogP contribution in [0.2, 0.25) is 0 Å². The lowest BCUT2D eigenvalue weighted by Crippen LogP contribution is -2.29. The van der Waals surface area contributed by atoms with Gasteiger partial charge in [0.15, 0.2) is 23.0 Å². The Morgan fingerprint density at radius 2 is 1.63 bits per heavy atom. The van der Waals surface area contributed by atoms with Gasteiger partial charge in [0.2, 0.25) is 12.5 Å². The molecule has 0 aromatic heterocycles. The van der Waals surface area contributed by atoms with E-state index < -0.39 is 27.6 Å². The highest BCUT2D eigenvalue weighted by Gasteiger charge is 2.48. The molecule has 5 rings (SSSR count). The predicted octanol–water partition coefficient (Wildman–Crippen LogP) is 3.50. The van der Waals surface area contributed by atoms with Crippen molar-refractivity contribution in [2.45, 2.75) is 18.6 Å². The molecule has 228 valence electrons. The molecule has 1 unspecified atom stereocenters. The van der Waals surface area contributed by atoms with Gasteiger partial charge in [-0.1, -0.05) is 6.07 Å². The molecule has 2 aliphatic rings. The van der Waals surface area contributed by atoms with E-state index >= 15 is 0 Å². The molecule has 0 spiro atoms. The van der Waals surface area contributed by atoms with E-state index in [-0.39, 0.29) is 48.9 Å². The Kier molecular flexibility index (Phi) is 8.40. The molecule has 0 bridgehead atoms. The first kappa shape index (κ1) is 30.0. The van der Waals surface area contributed by atoms with Crippen LogP contribution in [0.15, 0.2) is 60.2 Å². The second-order valence-corrected chi connectivity index (χ2v) is 11.3. The second-order valence-electron chi connectivity index (χ2n) is 9.68. The van der Waals surface area contributed by atoms with E-state index in [0.717, 1.165) is 0 Å². The maximum atomic E-state index is 13.5. The number of hydrogen-bond donors (Lipinski definition) is 2. The Labute approximate surface area is 248 Å². The number of cyclic esters (lactones) is 1. The first-order chi connectivity index (χ1) is 20.6. The number of carbonyl (C=O) groups excluding carboxylic acids is 1. The Morgan fingerprint density at radius 1 is 0.907 bits per heavy atom. The fraction of sp³-hybridized carbons (Fsp3) is 0.300. The summed E-state index contributed by atoms with van der Waals surface area (Å²) in [6.07, 6.45) is 0.0211. The number of esters is 1. The second kappa shape index (κ2) is 12.0. The third-order valence-electron chi connectivity index (χ3n) is 6.99. The Morgan fingerprint density at radius 3 is 2.30 bits per heavy atom. The van der Waals surface area contributed by atoms with Gasteiger partial charge in [-0.15, -0.1) is 0 Å². The van der Waals surface area contributed by atoms with Gasteiger partial charge in [-0.2, -0.15) is 8.42 Å². The number of carbonyl (C=O) groups is 1. The van der Waals surface area contributed by atoms with Crippen LogP contribution in [0.25, 0.3) is 5.57 Å². The molecule has 43 heavy (non-hydrogen) atoms. The van der Waals surface area contributed by atoms with E-state index in [4.69, 9.17) is 37.7 Å². The van der Waals surface area contributed by atoms with E-state index in [1.807, 2.05) is 0 Å². The molecule has 0 amide bonds. The quantitative estimate of drug-likeness (QED) is 0.174. The molecule has 1 atom stereocenters. The lowest BCUT2D eigenvalue weighted by atomic mass is 9.88. The SMILES string of the molecule is COc1ccc(C2(O)OC(=O)C(c3ccc4c(c3)OCO4)=C2Cc2cc(OC)c(OC)c(OCCCS(=O)(=O)O)c2)cc1.